The number of hydrogen-bond donors (Lipinski definition) is 1. The Morgan fingerprint density at radius 3 is 2.17 bits per heavy atom. The van der Waals surface area contributed by atoms with Crippen molar-refractivity contribution in [2.75, 3.05) is 10.8 Å². The first kappa shape index (κ1) is 33.1. The molecular formula is C30H33BrF3N3O4S. The van der Waals surface area contributed by atoms with Gasteiger partial charge in [0.15, 0.2) is 0 Å². The molecule has 0 fully saturated rings. The second-order valence-electron chi connectivity index (χ2n) is 10.0. The van der Waals surface area contributed by atoms with Gasteiger partial charge in [0.2, 0.25) is 11.8 Å². The molecule has 3 rings (SSSR count). The van der Waals surface area contributed by atoms with Crippen LogP contribution in [0.2, 0.25) is 0 Å². The van der Waals surface area contributed by atoms with Crippen molar-refractivity contribution in [2.24, 2.45) is 0 Å². The maximum atomic E-state index is 13.9. The third kappa shape index (κ3) is 8.34. The zero-order chi connectivity index (χ0) is 31.2. The number of benzene rings is 3. The van der Waals surface area contributed by atoms with E-state index in [-0.39, 0.29) is 23.2 Å². The molecule has 3 aromatic rings. The molecule has 0 aliphatic rings. The van der Waals surface area contributed by atoms with Gasteiger partial charge >= 0.3 is 6.18 Å². The van der Waals surface area contributed by atoms with Crippen molar-refractivity contribution in [2.45, 2.75) is 63.8 Å². The number of halogens is 4. The maximum Gasteiger partial charge on any atom is 0.416 e. The molecule has 0 aliphatic carbocycles. The summed E-state index contributed by atoms with van der Waals surface area (Å²) in [6.07, 6.45) is -4.09. The Morgan fingerprint density at radius 2 is 1.60 bits per heavy atom. The number of hydrogen-bond acceptors (Lipinski definition) is 4. The van der Waals surface area contributed by atoms with Crippen LogP contribution in [-0.2, 0) is 32.3 Å². The predicted molar refractivity (Wildman–Crippen MR) is 159 cm³/mol. The summed E-state index contributed by atoms with van der Waals surface area (Å²) in [4.78, 5) is 28.1. The summed E-state index contributed by atoms with van der Waals surface area (Å²) >= 11 is 3.36. The van der Waals surface area contributed by atoms with Crippen LogP contribution in [0.25, 0.3) is 0 Å². The van der Waals surface area contributed by atoms with Crippen LogP contribution in [0.5, 0.6) is 0 Å². The smallest absolute Gasteiger partial charge is 0.352 e. The molecular weight excluding hydrogens is 635 g/mol. The molecule has 0 unspecified atom stereocenters. The lowest BCUT2D eigenvalue weighted by molar-refractivity contribution is -0.139. The summed E-state index contributed by atoms with van der Waals surface area (Å²) in [5, 5.41) is 2.83. The minimum absolute atomic E-state index is 0.0395. The van der Waals surface area contributed by atoms with Crippen molar-refractivity contribution in [3.63, 3.8) is 0 Å². The Balaban J connectivity index is 2.08. The molecule has 2 amide bonds. The van der Waals surface area contributed by atoms with Crippen LogP contribution < -0.4 is 9.62 Å². The predicted octanol–water partition coefficient (Wildman–Crippen LogP) is 6.30. The fraction of sp³-hybridized carbons (Fsp3) is 0.333. The number of amides is 2. The van der Waals surface area contributed by atoms with Crippen molar-refractivity contribution in [1.29, 1.82) is 0 Å². The average molecular weight is 669 g/mol. The number of sulfonamides is 1. The minimum Gasteiger partial charge on any atom is -0.352 e. The number of anilines is 1. The number of aryl methyl sites for hydroxylation is 1. The average Bonchev–Trinajstić information content (AvgIpc) is 2.94. The van der Waals surface area contributed by atoms with Crippen molar-refractivity contribution >= 4 is 43.5 Å². The minimum atomic E-state index is -4.74. The van der Waals surface area contributed by atoms with Crippen LogP contribution in [0.1, 0.15) is 43.9 Å². The lowest BCUT2D eigenvalue weighted by atomic mass is 10.1. The summed E-state index contributed by atoms with van der Waals surface area (Å²) in [6.45, 7) is 6.11. The highest BCUT2D eigenvalue weighted by molar-refractivity contribution is 9.10. The van der Waals surface area contributed by atoms with E-state index in [4.69, 9.17) is 0 Å². The van der Waals surface area contributed by atoms with Gasteiger partial charge < -0.3 is 10.2 Å². The molecule has 0 aromatic heterocycles. The van der Waals surface area contributed by atoms with E-state index in [0.717, 1.165) is 22.2 Å². The quantitative estimate of drug-likeness (QED) is 0.260. The molecule has 0 saturated heterocycles. The van der Waals surface area contributed by atoms with E-state index in [1.54, 1.807) is 43.3 Å². The topological polar surface area (TPSA) is 86.8 Å². The van der Waals surface area contributed by atoms with Gasteiger partial charge in [-0.1, -0.05) is 58.7 Å². The molecule has 0 spiro atoms. The first-order chi connectivity index (χ1) is 19.6. The third-order valence-corrected chi connectivity index (χ3v) is 9.10. The van der Waals surface area contributed by atoms with Crippen LogP contribution >= 0.6 is 15.9 Å². The van der Waals surface area contributed by atoms with Gasteiger partial charge in [0, 0.05) is 17.1 Å². The van der Waals surface area contributed by atoms with E-state index < -0.39 is 46.2 Å². The summed E-state index contributed by atoms with van der Waals surface area (Å²) < 4.78 is 69.9. The molecule has 2 atom stereocenters. The lowest BCUT2D eigenvalue weighted by Gasteiger charge is -2.32. The van der Waals surface area contributed by atoms with Gasteiger partial charge in [0.1, 0.15) is 12.6 Å². The van der Waals surface area contributed by atoms with E-state index in [1.807, 2.05) is 13.8 Å². The van der Waals surface area contributed by atoms with Crippen molar-refractivity contribution < 1.29 is 31.2 Å². The van der Waals surface area contributed by atoms with E-state index in [2.05, 4.69) is 21.2 Å². The monoisotopic (exact) mass is 667 g/mol. The number of alkyl halides is 3. The normalized spacial score (nSPS) is 13.2. The van der Waals surface area contributed by atoms with E-state index in [0.29, 0.717) is 22.4 Å². The molecule has 0 bridgehead atoms. The molecule has 0 heterocycles. The van der Waals surface area contributed by atoms with Crippen molar-refractivity contribution in [3.8, 4) is 0 Å². The van der Waals surface area contributed by atoms with Gasteiger partial charge in [-0.15, -0.1) is 0 Å². The first-order valence-corrected chi connectivity index (χ1v) is 15.5. The Bertz CT molecular complexity index is 1500. The molecule has 7 nitrogen and oxygen atoms in total. The van der Waals surface area contributed by atoms with Gasteiger partial charge in [0.05, 0.1) is 16.1 Å². The van der Waals surface area contributed by atoms with E-state index in [1.165, 1.54) is 30.0 Å². The standard InChI is InChI=1S/C30H33BrF3N3O4S/c1-5-21(3)35-29(39)22(4)36(18-23-11-13-25(31)14-12-23)28(38)19-37(26-8-6-7-24(17-26)30(32,33)34)42(40,41)27-15-9-20(2)10-16-27/h6-17,21-22H,5,18-19H2,1-4H3,(H,35,39)/t21-,22-/m1/s1. The van der Waals surface area contributed by atoms with Gasteiger partial charge in [-0.2, -0.15) is 13.2 Å². The maximum absolute atomic E-state index is 13.9. The van der Waals surface area contributed by atoms with Gasteiger partial charge in [-0.3, -0.25) is 13.9 Å². The van der Waals surface area contributed by atoms with Crippen molar-refractivity contribution in [1.82, 2.24) is 10.2 Å². The number of carbonyl (C=O) groups excluding carboxylic acids is 2. The highest BCUT2D eigenvalue weighted by Crippen LogP contribution is 2.33. The molecule has 226 valence electrons. The Morgan fingerprint density at radius 1 is 0.976 bits per heavy atom. The zero-order valence-corrected chi connectivity index (χ0v) is 26.1. The Kier molecular flexibility index (Phi) is 10.8. The SMILES string of the molecule is CC[C@@H](C)NC(=O)[C@@H](C)N(Cc1ccc(Br)cc1)C(=O)CN(c1cccc(C(F)(F)F)c1)S(=O)(=O)c1ccc(C)cc1. The van der Waals surface area contributed by atoms with Crippen LogP contribution in [-0.4, -0.2) is 43.8 Å². The molecule has 12 heteroatoms. The number of carbonyl (C=O) groups is 2. The second-order valence-corrected chi connectivity index (χ2v) is 12.8. The first-order valence-electron chi connectivity index (χ1n) is 13.2. The highest BCUT2D eigenvalue weighted by Gasteiger charge is 2.35. The Labute approximate surface area is 252 Å². The van der Waals surface area contributed by atoms with Crippen LogP contribution in [0.4, 0.5) is 18.9 Å². The number of nitrogens with one attached hydrogen (secondary N) is 1. The molecule has 0 radical (unpaired) electrons. The van der Waals surface area contributed by atoms with E-state index >= 15 is 0 Å². The summed E-state index contributed by atoms with van der Waals surface area (Å²) in [5.41, 5.74) is 0.0443. The molecule has 3 aromatic carbocycles. The lowest BCUT2D eigenvalue weighted by Crippen LogP contribution is -2.52. The van der Waals surface area contributed by atoms with Crippen LogP contribution in [0.15, 0.2) is 82.2 Å². The second kappa shape index (κ2) is 13.7. The molecule has 42 heavy (non-hydrogen) atoms. The molecule has 1 N–H and O–H groups in total. The fourth-order valence-corrected chi connectivity index (χ4v) is 5.71. The fourth-order valence-electron chi connectivity index (χ4n) is 4.04. The van der Waals surface area contributed by atoms with Gasteiger partial charge in [-0.25, -0.2) is 8.42 Å². The van der Waals surface area contributed by atoms with E-state index in [9.17, 15) is 31.2 Å². The third-order valence-electron chi connectivity index (χ3n) is 6.78. The number of rotatable bonds is 11. The largest absolute Gasteiger partial charge is 0.416 e. The number of nitrogens with zero attached hydrogens (tertiary/aromatic N) is 2. The molecule has 0 aliphatic heterocycles. The summed E-state index contributed by atoms with van der Waals surface area (Å²) in [7, 11) is -4.50. The van der Waals surface area contributed by atoms with Crippen molar-refractivity contribution in [3.05, 3.63) is 94.0 Å². The van der Waals surface area contributed by atoms with Gasteiger partial charge in [0.25, 0.3) is 10.0 Å². The highest BCUT2D eigenvalue weighted by atomic mass is 79.9. The molecule has 0 saturated carbocycles. The van der Waals surface area contributed by atoms with Crippen LogP contribution in [0.3, 0.4) is 0 Å². The Hall–Kier alpha value is -3.38. The van der Waals surface area contributed by atoms with Gasteiger partial charge in [-0.05, 0) is 75.2 Å². The van der Waals surface area contributed by atoms with Crippen LogP contribution in [0, 0.1) is 6.92 Å². The summed E-state index contributed by atoms with van der Waals surface area (Å²) in [5.74, 6) is -1.21. The summed E-state index contributed by atoms with van der Waals surface area (Å²) in [6, 6.07) is 15.4. The zero-order valence-electron chi connectivity index (χ0n) is 23.7.